The SMILES string of the molecule is Cc1cc(C)c2c(C)cc3c4c2c1C(C1=CC=CC1)C(=O)C4C1=C(C=CC1)C3. The van der Waals surface area contributed by atoms with E-state index >= 15 is 0 Å². The van der Waals surface area contributed by atoms with E-state index in [1.807, 2.05) is 0 Å². The molecule has 0 radical (unpaired) electrons. The van der Waals surface area contributed by atoms with Crippen molar-refractivity contribution in [3.63, 3.8) is 0 Å². The van der Waals surface area contributed by atoms with Crippen molar-refractivity contribution in [2.45, 2.75) is 51.9 Å². The molecule has 2 aromatic rings. The zero-order valence-electron chi connectivity index (χ0n) is 16.7. The molecule has 0 amide bonds. The van der Waals surface area contributed by atoms with Crippen molar-refractivity contribution in [3.8, 4) is 0 Å². The molecule has 4 aliphatic rings. The molecule has 0 heterocycles. The van der Waals surface area contributed by atoms with Crippen LogP contribution in [-0.4, -0.2) is 5.78 Å². The molecule has 138 valence electrons. The van der Waals surface area contributed by atoms with Crippen LogP contribution in [0.3, 0.4) is 0 Å². The molecule has 1 nitrogen and oxygen atoms in total. The van der Waals surface area contributed by atoms with Gasteiger partial charge in [-0.1, -0.05) is 48.1 Å². The van der Waals surface area contributed by atoms with Gasteiger partial charge in [-0.15, -0.1) is 0 Å². The molecule has 0 aliphatic heterocycles. The van der Waals surface area contributed by atoms with Crippen LogP contribution in [-0.2, 0) is 11.2 Å². The van der Waals surface area contributed by atoms with E-state index in [1.165, 1.54) is 60.9 Å². The average Bonchev–Trinajstić information content (AvgIpc) is 3.33. The van der Waals surface area contributed by atoms with E-state index in [4.69, 9.17) is 0 Å². The Hall–Kier alpha value is -2.67. The Kier molecular flexibility index (Phi) is 3.17. The third-order valence-electron chi connectivity index (χ3n) is 7.29. The minimum atomic E-state index is -0.0994. The lowest BCUT2D eigenvalue weighted by Crippen LogP contribution is -2.32. The monoisotopic (exact) mass is 364 g/mol. The first kappa shape index (κ1) is 16.3. The lowest BCUT2D eigenvalue weighted by Gasteiger charge is -2.38. The van der Waals surface area contributed by atoms with Crippen LogP contribution in [0.15, 0.2) is 59.2 Å². The van der Waals surface area contributed by atoms with Crippen LogP contribution < -0.4 is 0 Å². The third kappa shape index (κ3) is 1.90. The van der Waals surface area contributed by atoms with Crippen molar-refractivity contribution in [2.24, 2.45) is 0 Å². The fraction of sp³-hybridized carbons (Fsp3) is 0.296. The summed E-state index contributed by atoms with van der Waals surface area (Å²) in [4.78, 5) is 14.1. The maximum Gasteiger partial charge on any atom is 0.155 e. The van der Waals surface area contributed by atoms with Crippen LogP contribution in [0, 0.1) is 20.8 Å². The van der Waals surface area contributed by atoms with Crippen molar-refractivity contribution < 1.29 is 4.79 Å². The highest BCUT2D eigenvalue weighted by Gasteiger charge is 2.44. The molecule has 2 aromatic carbocycles. The summed E-state index contributed by atoms with van der Waals surface area (Å²) in [5.41, 5.74) is 12.0. The highest BCUT2D eigenvalue weighted by Crippen LogP contribution is 2.54. The van der Waals surface area contributed by atoms with E-state index in [-0.39, 0.29) is 11.8 Å². The van der Waals surface area contributed by atoms with Crippen LogP contribution in [0.4, 0.5) is 0 Å². The third-order valence-corrected chi connectivity index (χ3v) is 7.29. The zero-order chi connectivity index (χ0) is 19.2. The number of Topliss-reactive ketones (excluding diaryl/α,β-unsaturated/α-hetero) is 1. The lowest BCUT2D eigenvalue weighted by molar-refractivity contribution is -0.120. The topological polar surface area (TPSA) is 17.1 Å². The quantitative estimate of drug-likeness (QED) is 0.587. The maximum atomic E-state index is 14.1. The Morgan fingerprint density at radius 2 is 1.68 bits per heavy atom. The van der Waals surface area contributed by atoms with Crippen molar-refractivity contribution in [1.29, 1.82) is 0 Å². The van der Waals surface area contributed by atoms with Gasteiger partial charge < -0.3 is 0 Å². The number of hydrogen-bond acceptors (Lipinski definition) is 1. The summed E-state index contributed by atoms with van der Waals surface area (Å²) in [6, 6.07) is 4.65. The predicted octanol–water partition coefficient (Wildman–Crippen LogP) is 6.21. The Morgan fingerprint density at radius 1 is 0.857 bits per heavy atom. The fourth-order valence-electron chi connectivity index (χ4n) is 6.30. The second-order valence-corrected chi connectivity index (χ2v) is 8.92. The standard InChI is InChI=1S/C27H24O/c1-14-11-15(2)22-24(17-7-4-5-8-17)27(28)25-20-10-6-9-18(20)13-19-12-16(3)21(14)26(22)23(19)25/h4-7,9,11-12,24-25H,8,10,13H2,1-3H3. The predicted molar refractivity (Wildman–Crippen MR) is 115 cm³/mol. The number of fused-ring (bicyclic) bond motifs is 1. The summed E-state index contributed by atoms with van der Waals surface area (Å²) in [7, 11) is 0. The molecule has 0 aromatic heterocycles. The number of benzene rings is 2. The largest absolute Gasteiger partial charge is 0.298 e. The summed E-state index contributed by atoms with van der Waals surface area (Å²) < 4.78 is 0. The maximum absolute atomic E-state index is 14.1. The number of carbonyl (C=O) groups is 1. The average molecular weight is 364 g/mol. The molecule has 0 saturated heterocycles. The van der Waals surface area contributed by atoms with Gasteiger partial charge in [0.25, 0.3) is 0 Å². The molecule has 0 fully saturated rings. The molecular weight excluding hydrogens is 340 g/mol. The first-order valence-electron chi connectivity index (χ1n) is 10.4. The second kappa shape index (κ2) is 5.44. The number of allylic oxidation sites excluding steroid dienone is 8. The molecule has 1 heteroatoms. The zero-order valence-corrected chi connectivity index (χ0v) is 16.7. The van der Waals surface area contributed by atoms with Crippen LogP contribution in [0.1, 0.15) is 58.1 Å². The van der Waals surface area contributed by atoms with Crippen LogP contribution >= 0.6 is 0 Å². The summed E-state index contributed by atoms with van der Waals surface area (Å²) >= 11 is 0. The van der Waals surface area contributed by atoms with Gasteiger partial charge >= 0.3 is 0 Å². The van der Waals surface area contributed by atoms with Crippen LogP contribution in [0.2, 0.25) is 0 Å². The minimum Gasteiger partial charge on any atom is -0.298 e. The van der Waals surface area contributed by atoms with Crippen LogP contribution in [0.25, 0.3) is 10.8 Å². The van der Waals surface area contributed by atoms with Crippen molar-refractivity contribution in [1.82, 2.24) is 0 Å². The number of aryl methyl sites for hydroxylation is 3. The Bertz CT molecular complexity index is 1220. The van der Waals surface area contributed by atoms with E-state index in [0.717, 1.165) is 19.3 Å². The molecule has 0 saturated carbocycles. The first-order valence-corrected chi connectivity index (χ1v) is 10.4. The second-order valence-electron chi connectivity index (χ2n) is 8.92. The molecule has 2 atom stereocenters. The van der Waals surface area contributed by atoms with E-state index in [0.29, 0.717) is 5.78 Å². The van der Waals surface area contributed by atoms with Crippen molar-refractivity contribution in [2.75, 3.05) is 0 Å². The van der Waals surface area contributed by atoms with Gasteiger partial charge in [-0.05, 0) is 95.3 Å². The van der Waals surface area contributed by atoms with Crippen molar-refractivity contribution >= 4 is 16.6 Å². The summed E-state index contributed by atoms with van der Waals surface area (Å²) in [6.45, 7) is 6.67. The molecule has 0 spiro atoms. The summed E-state index contributed by atoms with van der Waals surface area (Å²) in [6.07, 6.45) is 13.8. The number of rotatable bonds is 1. The fourth-order valence-corrected chi connectivity index (χ4v) is 6.30. The summed E-state index contributed by atoms with van der Waals surface area (Å²) in [5, 5.41) is 2.77. The highest BCUT2D eigenvalue weighted by molar-refractivity contribution is 6.11. The molecule has 28 heavy (non-hydrogen) atoms. The number of hydrogen-bond donors (Lipinski definition) is 0. The van der Waals surface area contributed by atoms with Crippen LogP contribution in [0.5, 0.6) is 0 Å². The van der Waals surface area contributed by atoms with Gasteiger partial charge in [0.2, 0.25) is 0 Å². The van der Waals surface area contributed by atoms with Crippen molar-refractivity contribution in [3.05, 3.63) is 92.6 Å². The van der Waals surface area contributed by atoms with E-state index in [9.17, 15) is 4.79 Å². The summed E-state index contributed by atoms with van der Waals surface area (Å²) in [5.74, 6) is 0.242. The molecule has 4 aliphatic carbocycles. The smallest absolute Gasteiger partial charge is 0.155 e. The van der Waals surface area contributed by atoms with Gasteiger partial charge in [0.15, 0.2) is 5.78 Å². The van der Waals surface area contributed by atoms with Gasteiger partial charge in [-0.2, -0.15) is 0 Å². The normalized spacial score (nSPS) is 24.4. The Labute approximate surface area is 166 Å². The van der Waals surface area contributed by atoms with Gasteiger partial charge in [0.1, 0.15) is 0 Å². The van der Waals surface area contributed by atoms with Gasteiger partial charge in [0.05, 0.1) is 11.8 Å². The van der Waals surface area contributed by atoms with Gasteiger partial charge in [-0.25, -0.2) is 0 Å². The van der Waals surface area contributed by atoms with E-state index in [2.05, 4.69) is 63.3 Å². The Balaban J connectivity index is 1.78. The molecule has 0 N–H and O–H groups in total. The molecule has 2 unspecified atom stereocenters. The number of carbonyl (C=O) groups excluding carboxylic acids is 1. The van der Waals surface area contributed by atoms with E-state index < -0.39 is 0 Å². The number of ketones is 1. The first-order chi connectivity index (χ1) is 13.6. The molecular formula is C27H24O. The highest BCUT2D eigenvalue weighted by atomic mass is 16.1. The lowest BCUT2D eigenvalue weighted by atomic mass is 9.63. The van der Waals surface area contributed by atoms with Gasteiger partial charge in [0, 0.05) is 0 Å². The van der Waals surface area contributed by atoms with Gasteiger partial charge in [-0.3, -0.25) is 4.79 Å². The molecule has 0 bridgehead atoms. The Morgan fingerprint density at radius 3 is 2.46 bits per heavy atom. The van der Waals surface area contributed by atoms with E-state index in [1.54, 1.807) is 0 Å². The minimum absolute atomic E-state index is 0.0583. The molecule has 6 rings (SSSR count).